The van der Waals surface area contributed by atoms with E-state index >= 15 is 0 Å². The average molecular weight is 532 g/mol. The Labute approximate surface area is 219 Å². The summed E-state index contributed by atoms with van der Waals surface area (Å²) in [6.45, 7) is 4.72. The summed E-state index contributed by atoms with van der Waals surface area (Å²) in [4.78, 5) is 24.5. The molecule has 3 aromatic rings. The van der Waals surface area contributed by atoms with E-state index in [2.05, 4.69) is 16.8 Å². The molecule has 0 aliphatic carbocycles. The highest BCUT2D eigenvalue weighted by Crippen LogP contribution is 2.36. The normalized spacial score (nSPS) is 18.8. The molecule has 37 heavy (non-hydrogen) atoms. The maximum absolute atomic E-state index is 13.5. The number of halogens is 4. The van der Waals surface area contributed by atoms with Gasteiger partial charge >= 0.3 is 6.18 Å². The number of piperazine rings is 1. The predicted molar refractivity (Wildman–Crippen MR) is 139 cm³/mol. The number of hydrogen-bond acceptors (Lipinski definition) is 7. The minimum atomic E-state index is -4.46. The standard InChI is InChI=1S/C26H29ClF3N7/c1-2-20-9-3-4-12-37(20)25-33-22(18-7-5-8-19(27)17-18)32-24(34-25)36-15-13-35(14-16-36)23-21(26(28,29)30)10-6-11-31-23/h5-8,10-11,17,20H,2-4,9,12-16H2,1H3. The van der Waals surface area contributed by atoms with E-state index in [4.69, 9.17) is 26.6 Å². The van der Waals surface area contributed by atoms with Crippen LogP contribution in [0.25, 0.3) is 11.4 Å². The molecule has 4 heterocycles. The molecule has 2 fully saturated rings. The van der Waals surface area contributed by atoms with Gasteiger partial charge in [-0.3, -0.25) is 0 Å². The summed E-state index contributed by atoms with van der Waals surface area (Å²) in [5, 5.41) is 0.592. The summed E-state index contributed by atoms with van der Waals surface area (Å²) in [7, 11) is 0. The lowest BCUT2D eigenvalue weighted by Crippen LogP contribution is -2.48. The third-order valence-corrected chi connectivity index (χ3v) is 7.24. The number of pyridine rings is 1. The van der Waals surface area contributed by atoms with Crippen molar-refractivity contribution in [3.05, 3.63) is 53.2 Å². The van der Waals surface area contributed by atoms with E-state index in [0.717, 1.165) is 37.4 Å². The van der Waals surface area contributed by atoms with Crippen molar-refractivity contribution in [2.75, 3.05) is 47.4 Å². The number of anilines is 3. The molecular formula is C26H29ClF3N7. The van der Waals surface area contributed by atoms with E-state index in [1.165, 1.54) is 18.7 Å². The molecule has 2 aliphatic heterocycles. The molecule has 0 N–H and O–H groups in total. The highest BCUT2D eigenvalue weighted by atomic mass is 35.5. The largest absolute Gasteiger partial charge is 0.419 e. The Kier molecular flexibility index (Phi) is 7.37. The highest BCUT2D eigenvalue weighted by molar-refractivity contribution is 6.30. The first kappa shape index (κ1) is 25.5. The van der Waals surface area contributed by atoms with Crippen molar-refractivity contribution >= 4 is 29.3 Å². The van der Waals surface area contributed by atoms with Gasteiger partial charge in [-0.05, 0) is 49.9 Å². The molecule has 0 bridgehead atoms. The Morgan fingerprint density at radius 2 is 1.68 bits per heavy atom. The first-order chi connectivity index (χ1) is 17.8. The number of aromatic nitrogens is 4. The molecule has 11 heteroatoms. The van der Waals surface area contributed by atoms with E-state index in [9.17, 15) is 13.2 Å². The molecule has 0 radical (unpaired) electrons. The zero-order chi connectivity index (χ0) is 26.0. The Hall–Kier alpha value is -3.14. The fraction of sp³-hybridized carbons (Fsp3) is 0.462. The van der Waals surface area contributed by atoms with Crippen LogP contribution in [0.4, 0.5) is 30.9 Å². The molecule has 1 unspecified atom stereocenters. The fourth-order valence-corrected chi connectivity index (χ4v) is 5.25. The quantitative estimate of drug-likeness (QED) is 0.418. The number of hydrogen-bond donors (Lipinski definition) is 0. The Balaban J connectivity index is 1.44. The van der Waals surface area contributed by atoms with E-state index in [-0.39, 0.29) is 5.82 Å². The van der Waals surface area contributed by atoms with Crippen molar-refractivity contribution in [2.45, 2.75) is 44.8 Å². The zero-order valence-electron chi connectivity index (χ0n) is 20.6. The van der Waals surface area contributed by atoms with Gasteiger partial charge in [0.1, 0.15) is 5.82 Å². The van der Waals surface area contributed by atoms with Crippen LogP contribution in [0.3, 0.4) is 0 Å². The van der Waals surface area contributed by atoms with Crippen LogP contribution in [0.2, 0.25) is 5.02 Å². The molecule has 0 spiro atoms. The number of rotatable bonds is 5. The Morgan fingerprint density at radius 1 is 0.919 bits per heavy atom. The van der Waals surface area contributed by atoms with Gasteiger partial charge in [0, 0.05) is 55.5 Å². The monoisotopic (exact) mass is 531 g/mol. The van der Waals surface area contributed by atoms with Gasteiger partial charge in [-0.1, -0.05) is 30.7 Å². The summed E-state index contributed by atoms with van der Waals surface area (Å²) >= 11 is 6.25. The number of nitrogens with zero attached hydrogens (tertiary/aromatic N) is 7. The van der Waals surface area contributed by atoms with Crippen molar-refractivity contribution in [1.82, 2.24) is 19.9 Å². The summed E-state index contributed by atoms with van der Waals surface area (Å²) in [5.41, 5.74) is 0.0780. The van der Waals surface area contributed by atoms with E-state index in [0.29, 0.717) is 55.0 Å². The topological polar surface area (TPSA) is 61.3 Å². The van der Waals surface area contributed by atoms with E-state index in [1.807, 2.05) is 23.1 Å². The number of benzene rings is 1. The zero-order valence-corrected chi connectivity index (χ0v) is 21.4. The maximum atomic E-state index is 13.5. The van der Waals surface area contributed by atoms with Crippen LogP contribution in [0, 0.1) is 0 Å². The molecule has 196 valence electrons. The van der Waals surface area contributed by atoms with Gasteiger partial charge in [0.05, 0.1) is 5.56 Å². The molecule has 7 nitrogen and oxygen atoms in total. The molecule has 5 rings (SSSR count). The van der Waals surface area contributed by atoms with Crippen molar-refractivity contribution in [3.8, 4) is 11.4 Å². The van der Waals surface area contributed by atoms with Gasteiger partial charge in [0.25, 0.3) is 0 Å². The van der Waals surface area contributed by atoms with Crippen LogP contribution in [0.15, 0.2) is 42.6 Å². The fourth-order valence-electron chi connectivity index (χ4n) is 5.06. The van der Waals surface area contributed by atoms with Crippen molar-refractivity contribution in [2.24, 2.45) is 0 Å². The van der Waals surface area contributed by atoms with Crippen molar-refractivity contribution in [3.63, 3.8) is 0 Å². The summed E-state index contributed by atoms with van der Waals surface area (Å²) in [6.07, 6.45) is 1.29. The third kappa shape index (κ3) is 5.58. The SMILES string of the molecule is CCC1CCCCN1c1nc(-c2cccc(Cl)c2)nc(N2CCN(c3ncccc3C(F)(F)F)CC2)n1. The predicted octanol–water partition coefficient (Wildman–Crippen LogP) is 5.70. The lowest BCUT2D eigenvalue weighted by atomic mass is 10.0. The van der Waals surface area contributed by atoms with Crippen LogP contribution in [0.1, 0.15) is 38.2 Å². The molecule has 0 amide bonds. The maximum Gasteiger partial charge on any atom is 0.419 e. The molecule has 2 saturated heterocycles. The van der Waals surface area contributed by atoms with Gasteiger partial charge in [0.2, 0.25) is 11.9 Å². The third-order valence-electron chi connectivity index (χ3n) is 7.00. The molecule has 0 saturated carbocycles. The molecule has 2 aliphatic rings. The second kappa shape index (κ2) is 10.7. The van der Waals surface area contributed by atoms with Gasteiger partial charge in [-0.15, -0.1) is 0 Å². The lowest BCUT2D eigenvalue weighted by molar-refractivity contribution is -0.137. The molecular weight excluding hydrogens is 503 g/mol. The van der Waals surface area contributed by atoms with Crippen LogP contribution in [0.5, 0.6) is 0 Å². The summed E-state index contributed by atoms with van der Waals surface area (Å²) < 4.78 is 40.6. The Bertz CT molecular complexity index is 1230. The van der Waals surface area contributed by atoms with Crippen LogP contribution < -0.4 is 14.7 Å². The first-order valence-electron chi connectivity index (χ1n) is 12.6. The van der Waals surface area contributed by atoms with Crippen LogP contribution in [-0.2, 0) is 6.18 Å². The van der Waals surface area contributed by atoms with Crippen molar-refractivity contribution in [1.29, 1.82) is 0 Å². The molecule has 2 aromatic heterocycles. The average Bonchev–Trinajstić information content (AvgIpc) is 2.92. The van der Waals surface area contributed by atoms with Crippen LogP contribution >= 0.6 is 11.6 Å². The minimum Gasteiger partial charge on any atom is -0.353 e. The summed E-state index contributed by atoms with van der Waals surface area (Å²) in [6, 6.07) is 10.2. The first-order valence-corrected chi connectivity index (χ1v) is 13.0. The molecule has 1 aromatic carbocycles. The van der Waals surface area contributed by atoms with Gasteiger partial charge in [-0.2, -0.15) is 28.1 Å². The van der Waals surface area contributed by atoms with E-state index in [1.54, 1.807) is 11.0 Å². The lowest BCUT2D eigenvalue weighted by Gasteiger charge is -2.38. The second-order valence-corrected chi connectivity index (χ2v) is 9.80. The number of piperidine rings is 1. The van der Waals surface area contributed by atoms with E-state index < -0.39 is 11.7 Å². The van der Waals surface area contributed by atoms with Crippen LogP contribution in [-0.4, -0.2) is 58.7 Å². The molecule has 1 atom stereocenters. The smallest absolute Gasteiger partial charge is 0.353 e. The minimum absolute atomic E-state index is 0.0373. The van der Waals surface area contributed by atoms with Gasteiger partial charge < -0.3 is 14.7 Å². The van der Waals surface area contributed by atoms with Gasteiger partial charge in [-0.25, -0.2) is 4.98 Å². The van der Waals surface area contributed by atoms with Crippen molar-refractivity contribution < 1.29 is 13.2 Å². The summed E-state index contributed by atoms with van der Waals surface area (Å²) in [5.74, 6) is 1.66. The number of alkyl halides is 3. The van der Waals surface area contributed by atoms with Gasteiger partial charge in [0.15, 0.2) is 5.82 Å². The highest BCUT2D eigenvalue weighted by Gasteiger charge is 2.36. The second-order valence-electron chi connectivity index (χ2n) is 9.37. The Morgan fingerprint density at radius 3 is 2.41 bits per heavy atom.